The van der Waals surface area contributed by atoms with Crippen molar-refractivity contribution in [2.24, 2.45) is 0 Å². The summed E-state index contributed by atoms with van der Waals surface area (Å²) in [6, 6.07) is 0. The summed E-state index contributed by atoms with van der Waals surface area (Å²) in [6.07, 6.45) is -0.424. The van der Waals surface area contributed by atoms with Crippen molar-refractivity contribution in [2.75, 3.05) is 18.1 Å². The summed E-state index contributed by atoms with van der Waals surface area (Å²) in [5, 5.41) is 10.8. The first-order chi connectivity index (χ1) is 10.3. The molecule has 128 valence electrons. The lowest BCUT2D eigenvalue weighted by atomic mass is 10.0. The molecule has 0 bridgehead atoms. The first-order valence-electron chi connectivity index (χ1n) is 7.86. The Balaban J connectivity index is 1.71. The van der Waals surface area contributed by atoms with Crippen molar-refractivity contribution >= 4 is 23.5 Å². The average molecular weight is 351 g/mol. The molecular weight excluding hydrogens is 324 g/mol. The fourth-order valence-corrected chi connectivity index (χ4v) is 6.11. The molecule has 3 aliphatic rings. The highest BCUT2D eigenvalue weighted by molar-refractivity contribution is 8.17. The molecule has 0 amide bonds. The second kappa shape index (κ2) is 6.43. The molecule has 0 radical (unpaired) electrons. The SMILES string of the molecule is CC1(C)OCC(C(O)C2OC(C)(C)OC2C2SCCCS2)O1. The van der Waals surface area contributed by atoms with Gasteiger partial charge in [0.15, 0.2) is 11.6 Å². The van der Waals surface area contributed by atoms with Crippen LogP contribution in [-0.4, -0.2) is 63.8 Å². The zero-order valence-corrected chi connectivity index (χ0v) is 15.2. The van der Waals surface area contributed by atoms with E-state index in [-0.39, 0.29) is 18.3 Å². The van der Waals surface area contributed by atoms with Gasteiger partial charge >= 0.3 is 0 Å². The van der Waals surface area contributed by atoms with Crippen molar-refractivity contribution < 1.29 is 24.1 Å². The normalized spacial score (nSPS) is 40.0. The highest BCUT2D eigenvalue weighted by Crippen LogP contribution is 2.43. The van der Waals surface area contributed by atoms with Crippen LogP contribution in [0.5, 0.6) is 0 Å². The van der Waals surface area contributed by atoms with E-state index in [1.807, 2.05) is 51.2 Å². The van der Waals surface area contributed by atoms with E-state index >= 15 is 0 Å². The summed E-state index contributed by atoms with van der Waals surface area (Å²) in [4.78, 5) is 0. The Morgan fingerprint density at radius 1 is 1.00 bits per heavy atom. The number of aliphatic hydroxyl groups excluding tert-OH is 1. The van der Waals surface area contributed by atoms with Gasteiger partial charge in [0.2, 0.25) is 0 Å². The lowest BCUT2D eigenvalue weighted by Gasteiger charge is -2.32. The van der Waals surface area contributed by atoms with Crippen molar-refractivity contribution in [1.82, 2.24) is 0 Å². The summed E-state index contributed by atoms with van der Waals surface area (Å²) >= 11 is 3.80. The summed E-state index contributed by atoms with van der Waals surface area (Å²) in [6.45, 7) is 7.91. The van der Waals surface area contributed by atoms with E-state index in [0.717, 1.165) is 11.5 Å². The lowest BCUT2D eigenvalue weighted by molar-refractivity contribution is -0.178. The van der Waals surface area contributed by atoms with Gasteiger partial charge in [0.25, 0.3) is 0 Å². The third kappa shape index (κ3) is 3.77. The van der Waals surface area contributed by atoms with Gasteiger partial charge in [-0.05, 0) is 45.6 Å². The number of thioether (sulfide) groups is 2. The Morgan fingerprint density at radius 2 is 1.68 bits per heavy atom. The third-order valence-electron chi connectivity index (χ3n) is 4.03. The van der Waals surface area contributed by atoms with Gasteiger partial charge in [-0.3, -0.25) is 0 Å². The minimum absolute atomic E-state index is 0.132. The van der Waals surface area contributed by atoms with Crippen LogP contribution in [0, 0.1) is 0 Å². The highest BCUT2D eigenvalue weighted by Gasteiger charge is 2.52. The maximum atomic E-state index is 10.8. The largest absolute Gasteiger partial charge is 0.387 e. The van der Waals surface area contributed by atoms with E-state index in [9.17, 15) is 5.11 Å². The van der Waals surface area contributed by atoms with Crippen molar-refractivity contribution in [3.05, 3.63) is 0 Å². The van der Waals surface area contributed by atoms with Gasteiger partial charge in [0.1, 0.15) is 24.4 Å². The van der Waals surface area contributed by atoms with E-state index in [2.05, 4.69) is 0 Å². The van der Waals surface area contributed by atoms with E-state index in [4.69, 9.17) is 18.9 Å². The molecule has 22 heavy (non-hydrogen) atoms. The number of hydrogen-bond donors (Lipinski definition) is 1. The molecule has 0 aromatic rings. The average Bonchev–Trinajstić information content (AvgIpc) is 2.98. The maximum absolute atomic E-state index is 10.8. The van der Waals surface area contributed by atoms with Crippen LogP contribution < -0.4 is 0 Å². The molecule has 4 atom stereocenters. The molecule has 0 aromatic heterocycles. The standard InChI is InChI=1S/C15H26O5S2/c1-14(2)17-8-9(18-14)10(16)11-12(20-15(3,4)19-11)13-21-6-5-7-22-13/h9-13,16H,5-8H2,1-4H3. The predicted octanol–water partition coefficient (Wildman–Crippen LogP) is 2.22. The predicted molar refractivity (Wildman–Crippen MR) is 88.1 cm³/mol. The number of ether oxygens (including phenoxy) is 4. The van der Waals surface area contributed by atoms with Crippen LogP contribution in [-0.2, 0) is 18.9 Å². The summed E-state index contributed by atoms with van der Waals surface area (Å²) < 4.78 is 23.8. The van der Waals surface area contributed by atoms with Crippen molar-refractivity contribution in [1.29, 1.82) is 0 Å². The molecule has 7 heteroatoms. The number of rotatable bonds is 3. The minimum Gasteiger partial charge on any atom is -0.387 e. The Hall–Kier alpha value is 0.500. The molecule has 1 N–H and O–H groups in total. The van der Waals surface area contributed by atoms with Crippen LogP contribution in [0.1, 0.15) is 34.1 Å². The molecule has 3 saturated heterocycles. The molecule has 0 aromatic carbocycles. The number of hydrogen-bond acceptors (Lipinski definition) is 7. The second-order valence-electron chi connectivity index (χ2n) is 6.89. The Labute approximate surface area is 140 Å². The smallest absolute Gasteiger partial charge is 0.163 e. The number of aliphatic hydroxyl groups is 1. The zero-order chi connectivity index (χ0) is 16.0. The molecule has 3 aliphatic heterocycles. The molecule has 3 rings (SSSR count). The Morgan fingerprint density at radius 3 is 2.27 bits per heavy atom. The second-order valence-corrected chi connectivity index (χ2v) is 9.68. The maximum Gasteiger partial charge on any atom is 0.163 e. The molecule has 0 spiro atoms. The van der Waals surface area contributed by atoms with Gasteiger partial charge in [-0.1, -0.05) is 0 Å². The highest BCUT2D eigenvalue weighted by atomic mass is 32.2. The van der Waals surface area contributed by atoms with E-state index in [1.165, 1.54) is 6.42 Å². The zero-order valence-electron chi connectivity index (χ0n) is 13.6. The lowest BCUT2D eigenvalue weighted by Crippen LogP contribution is -2.47. The van der Waals surface area contributed by atoms with Crippen LogP contribution in [0.15, 0.2) is 0 Å². The fraction of sp³-hybridized carbons (Fsp3) is 1.00. The van der Waals surface area contributed by atoms with Crippen LogP contribution in [0.4, 0.5) is 0 Å². The summed E-state index contributed by atoms with van der Waals surface area (Å²) in [5.74, 6) is 0.946. The van der Waals surface area contributed by atoms with Gasteiger partial charge in [-0.2, -0.15) is 0 Å². The molecular formula is C15H26O5S2. The molecule has 0 aliphatic carbocycles. The van der Waals surface area contributed by atoms with Gasteiger partial charge in [-0.15, -0.1) is 23.5 Å². The summed E-state index contributed by atoms with van der Waals surface area (Å²) in [5.41, 5.74) is 0. The first kappa shape index (κ1) is 17.3. The van der Waals surface area contributed by atoms with Gasteiger partial charge < -0.3 is 24.1 Å². The molecule has 3 heterocycles. The van der Waals surface area contributed by atoms with Crippen molar-refractivity contribution in [3.8, 4) is 0 Å². The molecule has 5 nitrogen and oxygen atoms in total. The van der Waals surface area contributed by atoms with E-state index < -0.39 is 17.7 Å². The van der Waals surface area contributed by atoms with Crippen LogP contribution in [0.2, 0.25) is 0 Å². The topological polar surface area (TPSA) is 57.2 Å². The van der Waals surface area contributed by atoms with Crippen LogP contribution >= 0.6 is 23.5 Å². The molecule has 3 fully saturated rings. The Bertz CT molecular complexity index is 397. The van der Waals surface area contributed by atoms with Gasteiger partial charge in [-0.25, -0.2) is 0 Å². The van der Waals surface area contributed by atoms with Crippen molar-refractivity contribution in [3.63, 3.8) is 0 Å². The van der Waals surface area contributed by atoms with Crippen LogP contribution in [0.3, 0.4) is 0 Å². The Kier molecular flexibility index (Phi) is 5.06. The molecule has 0 saturated carbocycles. The van der Waals surface area contributed by atoms with Gasteiger partial charge in [0.05, 0.1) is 11.2 Å². The minimum atomic E-state index is -0.753. The van der Waals surface area contributed by atoms with Crippen LogP contribution in [0.25, 0.3) is 0 Å². The first-order valence-corrected chi connectivity index (χ1v) is 9.96. The monoisotopic (exact) mass is 350 g/mol. The van der Waals surface area contributed by atoms with E-state index in [0.29, 0.717) is 11.2 Å². The van der Waals surface area contributed by atoms with Crippen molar-refractivity contribution in [2.45, 2.75) is 74.7 Å². The van der Waals surface area contributed by atoms with Gasteiger partial charge in [0, 0.05) is 0 Å². The van der Waals surface area contributed by atoms with E-state index in [1.54, 1.807) is 0 Å². The molecule has 4 unspecified atom stereocenters. The third-order valence-corrected chi connectivity index (χ3v) is 7.09. The quantitative estimate of drug-likeness (QED) is 0.837. The fourth-order valence-electron chi connectivity index (χ4n) is 3.08. The summed E-state index contributed by atoms with van der Waals surface area (Å²) in [7, 11) is 0.